The smallest absolute Gasteiger partial charge is 0.311 e. The van der Waals surface area contributed by atoms with E-state index < -0.39 is 11.4 Å². The molecule has 6 heteroatoms. The highest BCUT2D eigenvalue weighted by Crippen LogP contribution is 2.45. The number of thiophene rings is 1. The lowest BCUT2D eigenvalue weighted by Gasteiger charge is -2.10. The molecule has 2 N–H and O–H groups in total. The second-order valence-corrected chi connectivity index (χ2v) is 7.11. The first-order valence-corrected chi connectivity index (χ1v) is 8.11. The molecule has 1 aromatic heterocycles. The third kappa shape index (κ3) is 3.12. The van der Waals surface area contributed by atoms with Gasteiger partial charge in [0.05, 0.1) is 10.3 Å². The number of benzene rings is 1. The predicted octanol–water partition coefficient (Wildman–Crippen LogP) is 3.46. The Morgan fingerprint density at radius 2 is 1.96 bits per heavy atom. The normalized spacial score (nSPS) is 15.2. The highest BCUT2D eigenvalue weighted by atomic mass is 32.1. The number of aryl methyl sites for hydroxylation is 1. The summed E-state index contributed by atoms with van der Waals surface area (Å²) in [5.74, 6) is -1.42. The van der Waals surface area contributed by atoms with Crippen LogP contribution in [0.3, 0.4) is 0 Å². The van der Waals surface area contributed by atoms with Gasteiger partial charge in [0.1, 0.15) is 5.82 Å². The number of nitrogens with one attached hydrogen (secondary N) is 1. The van der Waals surface area contributed by atoms with Crippen molar-refractivity contribution in [2.45, 2.75) is 19.8 Å². The molecule has 0 unspecified atom stereocenters. The zero-order valence-electron chi connectivity index (χ0n) is 12.6. The summed E-state index contributed by atoms with van der Waals surface area (Å²) in [7, 11) is 0. The maximum Gasteiger partial charge on any atom is 0.311 e. The Bertz CT molecular complexity index is 763. The summed E-state index contributed by atoms with van der Waals surface area (Å²) in [5.41, 5.74) is 0.963. The highest BCUT2D eigenvalue weighted by Gasteiger charge is 2.50. The lowest BCUT2D eigenvalue weighted by atomic mass is 10.1. The van der Waals surface area contributed by atoms with Crippen LogP contribution in [-0.2, 0) is 4.79 Å². The van der Waals surface area contributed by atoms with Crippen molar-refractivity contribution in [3.8, 4) is 11.1 Å². The van der Waals surface area contributed by atoms with Gasteiger partial charge < -0.3 is 10.4 Å². The molecule has 1 aliphatic rings. The summed E-state index contributed by atoms with van der Waals surface area (Å²) in [4.78, 5) is 24.9. The second kappa shape index (κ2) is 5.77. The first kappa shape index (κ1) is 15.7. The largest absolute Gasteiger partial charge is 0.481 e. The van der Waals surface area contributed by atoms with E-state index >= 15 is 0 Å². The van der Waals surface area contributed by atoms with Gasteiger partial charge in [0.25, 0.3) is 5.91 Å². The Balaban J connectivity index is 1.74. The van der Waals surface area contributed by atoms with Crippen LogP contribution in [0.2, 0.25) is 0 Å². The highest BCUT2D eigenvalue weighted by molar-refractivity contribution is 7.14. The molecular weight excluding hydrogens is 317 g/mol. The van der Waals surface area contributed by atoms with E-state index in [2.05, 4.69) is 5.32 Å². The first-order valence-electron chi connectivity index (χ1n) is 7.29. The van der Waals surface area contributed by atoms with Crippen molar-refractivity contribution in [3.63, 3.8) is 0 Å². The van der Waals surface area contributed by atoms with Crippen LogP contribution in [0.5, 0.6) is 0 Å². The molecule has 23 heavy (non-hydrogen) atoms. The summed E-state index contributed by atoms with van der Waals surface area (Å²) in [6.45, 7) is 2.06. The fraction of sp³-hybridized carbons (Fsp3) is 0.294. The molecule has 0 aliphatic heterocycles. The van der Waals surface area contributed by atoms with Gasteiger partial charge in [-0.05, 0) is 49.1 Å². The Hall–Kier alpha value is -2.21. The molecule has 1 saturated carbocycles. The number of rotatable bonds is 5. The van der Waals surface area contributed by atoms with Gasteiger partial charge in [-0.25, -0.2) is 4.39 Å². The minimum absolute atomic E-state index is 0.157. The molecule has 1 amide bonds. The molecule has 1 fully saturated rings. The van der Waals surface area contributed by atoms with E-state index in [1.54, 1.807) is 18.2 Å². The number of carboxylic acids is 1. The number of aliphatic carboxylic acids is 1. The quantitative estimate of drug-likeness (QED) is 0.880. The minimum Gasteiger partial charge on any atom is -0.481 e. The van der Waals surface area contributed by atoms with Crippen LogP contribution >= 0.6 is 11.3 Å². The molecule has 1 aromatic carbocycles. The van der Waals surface area contributed by atoms with Gasteiger partial charge in [0, 0.05) is 11.4 Å². The summed E-state index contributed by atoms with van der Waals surface area (Å²) < 4.78 is 13.0. The Morgan fingerprint density at radius 1 is 1.30 bits per heavy atom. The van der Waals surface area contributed by atoms with E-state index in [1.807, 2.05) is 6.92 Å². The molecule has 0 atom stereocenters. The lowest BCUT2D eigenvalue weighted by Crippen LogP contribution is -2.33. The Morgan fingerprint density at radius 3 is 2.52 bits per heavy atom. The third-order valence-electron chi connectivity index (χ3n) is 4.19. The fourth-order valence-electron chi connectivity index (χ4n) is 2.46. The monoisotopic (exact) mass is 333 g/mol. The number of amides is 1. The number of carbonyl (C=O) groups is 2. The molecule has 0 saturated heterocycles. The van der Waals surface area contributed by atoms with E-state index in [0.717, 1.165) is 16.0 Å². The van der Waals surface area contributed by atoms with Crippen LogP contribution < -0.4 is 5.32 Å². The van der Waals surface area contributed by atoms with E-state index in [1.165, 1.54) is 23.5 Å². The third-order valence-corrected chi connectivity index (χ3v) is 5.24. The van der Waals surface area contributed by atoms with Gasteiger partial charge in [0.15, 0.2) is 0 Å². The van der Waals surface area contributed by atoms with Gasteiger partial charge in [-0.15, -0.1) is 11.3 Å². The maximum atomic E-state index is 13.0. The van der Waals surface area contributed by atoms with Crippen LogP contribution in [0.4, 0.5) is 4.39 Å². The van der Waals surface area contributed by atoms with Crippen molar-refractivity contribution in [1.82, 2.24) is 5.32 Å². The van der Waals surface area contributed by atoms with Crippen molar-refractivity contribution in [2.75, 3.05) is 6.54 Å². The lowest BCUT2D eigenvalue weighted by molar-refractivity contribution is -0.143. The number of carbonyl (C=O) groups excluding carboxylic acids is 1. The molecule has 2 aromatic rings. The van der Waals surface area contributed by atoms with E-state index in [0.29, 0.717) is 17.7 Å². The molecule has 120 valence electrons. The number of carboxylic acid groups (broad SMARTS) is 1. The number of halogens is 1. The summed E-state index contributed by atoms with van der Waals surface area (Å²) in [6.07, 6.45) is 1.21. The van der Waals surface area contributed by atoms with Crippen molar-refractivity contribution in [1.29, 1.82) is 0 Å². The Kier molecular flexibility index (Phi) is 3.93. The SMILES string of the molecule is Cc1sc(C(=O)NCC2(C(=O)O)CC2)cc1-c1ccc(F)cc1. The van der Waals surface area contributed by atoms with Gasteiger partial charge in [0.2, 0.25) is 0 Å². The van der Waals surface area contributed by atoms with E-state index in [-0.39, 0.29) is 18.3 Å². The second-order valence-electron chi connectivity index (χ2n) is 5.86. The van der Waals surface area contributed by atoms with Gasteiger partial charge >= 0.3 is 5.97 Å². The van der Waals surface area contributed by atoms with Gasteiger partial charge in [-0.3, -0.25) is 9.59 Å². The Labute approximate surface area is 137 Å². The zero-order valence-corrected chi connectivity index (χ0v) is 13.4. The van der Waals surface area contributed by atoms with E-state index in [9.17, 15) is 14.0 Å². The fourth-order valence-corrected chi connectivity index (χ4v) is 3.42. The standard InChI is InChI=1S/C17H16FNO3S/c1-10-13(11-2-4-12(18)5-3-11)8-14(23-10)15(20)19-9-17(6-7-17)16(21)22/h2-5,8H,6-7,9H2,1H3,(H,19,20)(H,21,22). The maximum absolute atomic E-state index is 13.0. The van der Waals surface area contributed by atoms with Crippen LogP contribution in [0.1, 0.15) is 27.4 Å². The summed E-state index contributed by atoms with van der Waals surface area (Å²) in [5, 5.41) is 11.8. The summed E-state index contributed by atoms with van der Waals surface area (Å²) in [6, 6.07) is 7.89. The molecule has 1 heterocycles. The molecule has 3 rings (SSSR count). The molecule has 0 bridgehead atoms. The predicted molar refractivity (Wildman–Crippen MR) is 86.1 cm³/mol. The topological polar surface area (TPSA) is 66.4 Å². The average Bonchev–Trinajstić information content (AvgIpc) is 3.22. The van der Waals surface area contributed by atoms with Crippen LogP contribution in [0.25, 0.3) is 11.1 Å². The van der Waals surface area contributed by atoms with Crippen molar-refractivity contribution in [2.24, 2.45) is 5.41 Å². The van der Waals surface area contributed by atoms with Crippen molar-refractivity contribution >= 4 is 23.2 Å². The van der Waals surface area contributed by atoms with Crippen molar-refractivity contribution < 1.29 is 19.1 Å². The molecular formula is C17H16FNO3S. The molecule has 0 spiro atoms. The number of hydrogen-bond donors (Lipinski definition) is 2. The molecule has 0 radical (unpaired) electrons. The average molecular weight is 333 g/mol. The van der Waals surface area contributed by atoms with Gasteiger partial charge in [-0.1, -0.05) is 12.1 Å². The zero-order chi connectivity index (χ0) is 16.6. The number of hydrogen-bond acceptors (Lipinski definition) is 3. The van der Waals surface area contributed by atoms with Crippen molar-refractivity contribution in [3.05, 3.63) is 45.9 Å². The van der Waals surface area contributed by atoms with Gasteiger partial charge in [-0.2, -0.15) is 0 Å². The molecule has 4 nitrogen and oxygen atoms in total. The molecule has 1 aliphatic carbocycles. The summed E-state index contributed by atoms with van der Waals surface area (Å²) >= 11 is 1.35. The minimum atomic E-state index is -0.854. The van der Waals surface area contributed by atoms with Crippen LogP contribution in [-0.4, -0.2) is 23.5 Å². The first-order chi connectivity index (χ1) is 10.9. The van der Waals surface area contributed by atoms with Crippen LogP contribution in [0.15, 0.2) is 30.3 Å². The van der Waals surface area contributed by atoms with Crippen LogP contribution in [0, 0.1) is 18.2 Å². The van der Waals surface area contributed by atoms with E-state index in [4.69, 9.17) is 5.11 Å².